The molecule has 0 radical (unpaired) electrons. The molecular formula is C33H31F2N3O7. The number of nitrogens with zero attached hydrogens (tertiary/aromatic N) is 1. The van der Waals surface area contributed by atoms with Gasteiger partial charge in [0.2, 0.25) is 11.8 Å². The van der Waals surface area contributed by atoms with Gasteiger partial charge in [0, 0.05) is 35.8 Å². The van der Waals surface area contributed by atoms with E-state index in [0.717, 1.165) is 6.07 Å². The molecular weight excluding hydrogens is 588 g/mol. The third kappa shape index (κ3) is 7.11. The molecule has 1 fully saturated rings. The first-order valence-corrected chi connectivity index (χ1v) is 14.3. The summed E-state index contributed by atoms with van der Waals surface area (Å²) in [6.45, 7) is 0.348. The summed E-state index contributed by atoms with van der Waals surface area (Å²) < 4.78 is 51.1. The first kappa shape index (κ1) is 31.2. The lowest BCUT2D eigenvalue weighted by molar-refractivity contribution is -0.140. The average molecular weight is 620 g/mol. The SMILES string of the molecule is COC(=O)CCCCOc1cc2nccc(Oc3ccc(NC(=O)C4(C(=O)Nc5ccccc5F)CC4)cc3F)c2cc1OC. The number of nitrogens with one attached hydrogen (secondary N) is 2. The van der Waals surface area contributed by atoms with Crippen LogP contribution in [0.3, 0.4) is 0 Å². The second kappa shape index (κ2) is 13.6. The summed E-state index contributed by atoms with van der Waals surface area (Å²) in [5.74, 6) is -1.81. The van der Waals surface area contributed by atoms with Crippen LogP contribution in [0.15, 0.2) is 66.9 Å². The highest BCUT2D eigenvalue weighted by Gasteiger charge is 2.56. The van der Waals surface area contributed by atoms with Crippen LogP contribution in [-0.4, -0.2) is 43.6 Å². The molecule has 0 bridgehead atoms. The molecule has 12 heteroatoms. The summed E-state index contributed by atoms with van der Waals surface area (Å²) in [4.78, 5) is 41.5. The van der Waals surface area contributed by atoms with Crippen molar-refractivity contribution in [3.05, 3.63) is 78.5 Å². The van der Waals surface area contributed by atoms with Crippen molar-refractivity contribution in [1.82, 2.24) is 4.98 Å². The molecule has 2 N–H and O–H groups in total. The van der Waals surface area contributed by atoms with Gasteiger partial charge < -0.3 is 29.6 Å². The number of ether oxygens (including phenoxy) is 4. The zero-order valence-electron chi connectivity index (χ0n) is 24.7. The van der Waals surface area contributed by atoms with Crippen molar-refractivity contribution < 1.29 is 42.1 Å². The Morgan fingerprint density at radius 3 is 2.33 bits per heavy atom. The lowest BCUT2D eigenvalue weighted by atomic mass is 10.0. The number of aromatic nitrogens is 1. The molecule has 0 atom stereocenters. The Labute approximate surface area is 257 Å². The fourth-order valence-corrected chi connectivity index (χ4v) is 4.66. The Bertz CT molecular complexity index is 1740. The number of benzene rings is 3. The largest absolute Gasteiger partial charge is 0.493 e. The number of pyridine rings is 1. The molecule has 3 aromatic carbocycles. The number of rotatable bonds is 13. The van der Waals surface area contributed by atoms with Crippen LogP contribution >= 0.6 is 0 Å². The maximum atomic E-state index is 15.2. The maximum Gasteiger partial charge on any atom is 0.305 e. The number of anilines is 2. The highest BCUT2D eigenvalue weighted by Crippen LogP contribution is 2.48. The van der Waals surface area contributed by atoms with Crippen LogP contribution in [0.25, 0.3) is 10.9 Å². The van der Waals surface area contributed by atoms with E-state index in [9.17, 15) is 18.8 Å². The number of carbonyl (C=O) groups excluding carboxylic acids is 3. The molecule has 1 aliphatic rings. The van der Waals surface area contributed by atoms with E-state index in [2.05, 4.69) is 20.4 Å². The van der Waals surface area contributed by atoms with Crippen molar-refractivity contribution in [2.45, 2.75) is 32.1 Å². The predicted octanol–water partition coefficient (Wildman–Crippen LogP) is 6.39. The van der Waals surface area contributed by atoms with E-state index >= 15 is 4.39 Å². The van der Waals surface area contributed by atoms with Gasteiger partial charge in [-0.05, 0) is 62.1 Å². The zero-order chi connectivity index (χ0) is 32.0. The summed E-state index contributed by atoms with van der Waals surface area (Å²) in [7, 11) is 2.84. The fourth-order valence-electron chi connectivity index (χ4n) is 4.66. The number of carbonyl (C=O) groups is 3. The first-order valence-electron chi connectivity index (χ1n) is 14.3. The number of amides is 2. The van der Waals surface area contributed by atoms with Gasteiger partial charge in [0.1, 0.15) is 17.0 Å². The molecule has 1 heterocycles. The molecule has 5 rings (SSSR count). The van der Waals surface area contributed by atoms with E-state index in [1.165, 1.54) is 50.7 Å². The van der Waals surface area contributed by atoms with E-state index in [4.69, 9.17) is 14.2 Å². The predicted molar refractivity (Wildman–Crippen MR) is 161 cm³/mol. The highest BCUT2D eigenvalue weighted by atomic mass is 19.1. The Hall–Kier alpha value is -5.26. The molecule has 1 aliphatic carbocycles. The number of para-hydroxylation sites is 1. The normalized spacial score (nSPS) is 13.1. The summed E-state index contributed by atoms with van der Waals surface area (Å²) >= 11 is 0. The Morgan fingerprint density at radius 2 is 1.62 bits per heavy atom. The third-order valence-corrected chi connectivity index (χ3v) is 7.40. The number of halogens is 2. The van der Waals surface area contributed by atoms with Crippen molar-refractivity contribution in [2.75, 3.05) is 31.5 Å². The summed E-state index contributed by atoms with van der Waals surface area (Å²) in [5.41, 5.74) is -0.740. The maximum absolute atomic E-state index is 15.2. The van der Waals surface area contributed by atoms with Crippen LogP contribution in [0.1, 0.15) is 32.1 Å². The van der Waals surface area contributed by atoms with Crippen LogP contribution in [0.2, 0.25) is 0 Å². The number of hydrogen-bond donors (Lipinski definition) is 2. The molecule has 10 nitrogen and oxygen atoms in total. The lowest BCUT2D eigenvalue weighted by Gasteiger charge is -2.16. The molecule has 4 aromatic rings. The molecule has 2 amide bonds. The second-order valence-electron chi connectivity index (χ2n) is 10.4. The average Bonchev–Trinajstić information content (AvgIpc) is 3.85. The summed E-state index contributed by atoms with van der Waals surface area (Å²) in [5, 5.41) is 5.60. The number of unbranched alkanes of at least 4 members (excludes halogenated alkanes) is 1. The van der Waals surface area contributed by atoms with Crippen LogP contribution in [0, 0.1) is 17.0 Å². The molecule has 0 spiro atoms. The van der Waals surface area contributed by atoms with Gasteiger partial charge in [-0.25, -0.2) is 8.78 Å². The fraction of sp³-hybridized carbons (Fsp3) is 0.273. The third-order valence-electron chi connectivity index (χ3n) is 7.40. The molecule has 234 valence electrons. The van der Waals surface area contributed by atoms with Crippen molar-refractivity contribution in [3.63, 3.8) is 0 Å². The zero-order valence-corrected chi connectivity index (χ0v) is 24.7. The van der Waals surface area contributed by atoms with E-state index in [-0.39, 0.29) is 35.9 Å². The Balaban J connectivity index is 1.25. The van der Waals surface area contributed by atoms with Gasteiger partial charge in [-0.1, -0.05) is 12.1 Å². The van der Waals surface area contributed by atoms with Gasteiger partial charge >= 0.3 is 5.97 Å². The Morgan fingerprint density at radius 1 is 0.844 bits per heavy atom. The highest BCUT2D eigenvalue weighted by molar-refractivity contribution is 6.17. The summed E-state index contributed by atoms with van der Waals surface area (Å²) in [6, 6.07) is 14.5. The number of fused-ring (bicyclic) bond motifs is 1. The quantitative estimate of drug-likeness (QED) is 0.100. The van der Waals surface area contributed by atoms with E-state index in [0.29, 0.717) is 54.0 Å². The van der Waals surface area contributed by atoms with Gasteiger partial charge in [0.05, 0.1) is 32.0 Å². The van der Waals surface area contributed by atoms with E-state index in [1.807, 2.05) is 0 Å². The van der Waals surface area contributed by atoms with Crippen molar-refractivity contribution in [2.24, 2.45) is 5.41 Å². The monoisotopic (exact) mass is 619 g/mol. The molecule has 1 saturated carbocycles. The molecule has 0 aliphatic heterocycles. The van der Waals surface area contributed by atoms with Crippen LogP contribution in [0.4, 0.5) is 20.2 Å². The number of hydrogen-bond acceptors (Lipinski definition) is 8. The van der Waals surface area contributed by atoms with Crippen molar-refractivity contribution >= 4 is 40.1 Å². The van der Waals surface area contributed by atoms with Gasteiger partial charge in [0.25, 0.3) is 0 Å². The van der Waals surface area contributed by atoms with Crippen molar-refractivity contribution in [1.29, 1.82) is 0 Å². The first-order chi connectivity index (χ1) is 21.7. The minimum Gasteiger partial charge on any atom is -0.493 e. The molecule has 1 aromatic heterocycles. The minimum absolute atomic E-state index is 0.0217. The van der Waals surface area contributed by atoms with Crippen LogP contribution < -0.4 is 24.8 Å². The van der Waals surface area contributed by atoms with Gasteiger partial charge in [0.15, 0.2) is 23.1 Å². The van der Waals surface area contributed by atoms with Gasteiger partial charge in [-0.2, -0.15) is 0 Å². The lowest BCUT2D eigenvalue weighted by Crippen LogP contribution is -2.35. The summed E-state index contributed by atoms with van der Waals surface area (Å²) in [6.07, 6.45) is 3.62. The van der Waals surface area contributed by atoms with Crippen LogP contribution in [-0.2, 0) is 19.1 Å². The van der Waals surface area contributed by atoms with Gasteiger partial charge in [-0.3, -0.25) is 19.4 Å². The minimum atomic E-state index is -1.37. The molecule has 0 saturated heterocycles. The number of esters is 1. The smallest absolute Gasteiger partial charge is 0.305 e. The Kier molecular flexibility index (Phi) is 9.41. The van der Waals surface area contributed by atoms with Crippen molar-refractivity contribution in [3.8, 4) is 23.0 Å². The van der Waals surface area contributed by atoms with Gasteiger partial charge in [-0.15, -0.1) is 0 Å². The standard InChI is InChI=1S/C33H31F2N3O7/c1-42-28-18-21-25(19-29(28)44-16-6-5-9-30(39)43-2)36-15-12-26(21)45-27-11-10-20(17-23(27)35)37-31(40)33(13-14-33)32(41)38-24-8-4-3-7-22(24)34/h3-4,7-8,10-12,15,17-19H,5-6,9,13-14,16H2,1-2H3,(H,37,40)(H,38,41). The molecule has 45 heavy (non-hydrogen) atoms. The number of methoxy groups -OCH3 is 2. The van der Waals surface area contributed by atoms with Crippen LogP contribution in [0.5, 0.6) is 23.0 Å². The van der Waals surface area contributed by atoms with E-state index in [1.54, 1.807) is 24.3 Å². The molecule has 0 unspecified atom stereocenters. The van der Waals surface area contributed by atoms with E-state index < -0.39 is 28.9 Å². The second-order valence-corrected chi connectivity index (χ2v) is 10.4. The topological polar surface area (TPSA) is 125 Å².